The Morgan fingerprint density at radius 1 is 1.39 bits per heavy atom. The molecule has 0 saturated carbocycles. The van der Waals surface area contributed by atoms with Crippen molar-refractivity contribution < 1.29 is 13.2 Å². The zero-order valence-corrected chi connectivity index (χ0v) is 12.3. The van der Waals surface area contributed by atoms with Gasteiger partial charge in [0, 0.05) is 25.0 Å². The Bertz CT molecular complexity index is 377. The second-order valence-corrected chi connectivity index (χ2v) is 6.96. The van der Waals surface area contributed by atoms with Gasteiger partial charge in [0.05, 0.1) is 6.26 Å². The van der Waals surface area contributed by atoms with E-state index >= 15 is 0 Å². The number of nitrogens with zero attached hydrogens (tertiary/aromatic N) is 1. The van der Waals surface area contributed by atoms with Gasteiger partial charge in [-0.3, -0.25) is 4.79 Å². The molecule has 1 amide bonds. The number of carbonyl (C=O) groups is 1. The molecule has 0 spiro atoms. The van der Waals surface area contributed by atoms with Crippen molar-refractivity contribution in [1.29, 1.82) is 0 Å². The quantitative estimate of drug-likeness (QED) is 0.813. The summed E-state index contributed by atoms with van der Waals surface area (Å²) in [6.45, 7) is 4.97. The van der Waals surface area contributed by atoms with Crippen LogP contribution >= 0.6 is 0 Å². The molecular weight excluding hydrogens is 252 g/mol. The molecule has 6 heteroatoms. The average Bonchev–Trinajstić information content (AvgIpc) is 2.29. The van der Waals surface area contributed by atoms with Crippen LogP contribution in [0.25, 0.3) is 0 Å². The summed E-state index contributed by atoms with van der Waals surface area (Å²) in [7, 11) is -3.14. The van der Waals surface area contributed by atoms with E-state index < -0.39 is 10.0 Å². The molecule has 18 heavy (non-hydrogen) atoms. The Morgan fingerprint density at radius 2 is 2.00 bits per heavy atom. The van der Waals surface area contributed by atoms with E-state index in [2.05, 4.69) is 5.32 Å². The lowest BCUT2D eigenvalue weighted by atomic mass is 10.0. The largest absolute Gasteiger partial charge is 0.352 e. The highest BCUT2D eigenvalue weighted by molar-refractivity contribution is 7.88. The number of sulfonamides is 1. The van der Waals surface area contributed by atoms with Gasteiger partial charge in [0.2, 0.25) is 15.9 Å². The summed E-state index contributed by atoms with van der Waals surface area (Å²) in [6, 6.07) is -0.0402. The van der Waals surface area contributed by atoms with Crippen LogP contribution in [0.5, 0.6) is 0 Å². The fourth-order valence-electron chi connectivity index (χ4n) is 2.34. The van der Waals surface area contributed by atoms with E-state index in [0.29, 0.717) is 13.1 Å². The minimum atomic E-state index is -3.14. The van der Waals surface area contributed by atoms with E-state index in [4.69, 9.17) is 0 Å². The predicted octanol–water partition coefficient (Wildman–Crippen LogP) is 0.963. The van der Waals surface area contributed by atoms with Crippen LogP contribution < -0.4 is 5.32 Å². The number of hydrogen-bond donors (Lipinski definition) is 1. The third-order valence-corrected chi connectivity index (χ3v) is 4.83. The van der Waals surface area contributed by atoms with Gasteiger partial charge < -0.3 is 5.32 Å². The molecule has 1 atom stereocenters. The van der Waals surface area contributed by atoms with Gasteiger partial charge in [0.25, 0.3) is 0 Å². The lowest BCUT2D eigenvalue weighted by Crippen LogP contribution is -2.50. The Kier molecular flexibility index (Phi) is 5.59. The standard InChI is InChI=1S/C12H24N2O3S/c1-4-10(5-2)12(15)13-11-7-6-8-14(9-11)18(3,16)17/h10-11H,4-9H2,1-3H3,(H,13,15). The van der Waals surface area contributed by atoms with Crippen molar-refractivity contribution in [2.24, 2.45) is 5.92 Å². The van der Waals surface area contributed by atoms with Gasteiger partial charge in [-0.25, -0.2) is 12.7 Å². The van der Waals surface area contributed by atoms with Crippen LogP contribution in [0.4, 0.5) is 0 Å². The number of piperidine rings is 1. The topological polar surface area (TPSA) is 66.5 Å². The molecule has 0 aromatic carbocycles. The Labute approximate surface area is 110 Å². The van der Waals surface area contributed by atoms with E-state index in [1.54, 1.807) is 0 Å². The fraction of sp³-hybridized carbons (Fsp3) is 0.917. The zero-order chi connectivity index (χ0) is 13.8. The molecule has 106 valence electrons. The van der Waals surface area contributed by atoms with Crippen LogP contribution in [-0.2, 0) is 14.8 Å². The van der Waals surface area contributed by atoms with Crippen molar-refractivity contribution in [1.82, 2.24) is 9.62 Å². The molecule has 1 rings (SSSR count). The number of amides is 1. The van der Waals surface area contributed by atoms with Gasteiger partial charge in [0.1, 0.15) is 0 Å². The monoisotopic (exact) mass is 276 g/mol. The number of hydrogen-bond acceptors (Lipinski definition) is 3. The highest BCUT2D eigenvalue weighted by atomic mass is 32.2. The molecule has 0 radical (unpaired) electrons. The Hall–Kier alpha value is -0.620. The van der Waals surface area contributed by atoms with Gasteiger partial charge >= 0.3 is 0 Å². The minimum Gasteiger partial charge on any atom is -0.352 e. The van der Waals surface area contributed by atoms with Crippen LogP contribution in [-0.4, -0.2) is 44.0 Å². The first kappa shape index (κ1) is 15.4. The molecule has 0 aromatic rings. The van der Waals surface area contributed by atoms with Crippen LogP contribution in [0, 0.1) is 5.92 Å². The highest BCUT2D eigenvalue weighted by Crippen LogP contribution is 2.15. The van der Waals surface area contributed by atoms with Crippen molar-refractivity contribution in [3.8, 4) is 0 Å². The zero-order valence-electron chi connectivity index (χ0n) is 11.5. The van der Waals surface area contributed by atoms with Crippen LogP contribution in [0.15, 0.2) is 0 Å². The third-order valence-electron chi connectivity index (χ3n) is 3.56. The predicted molar refractivity (Wildman–Crippen MR) is 71.7 cm³/mol. The summed E-state index contributed by atoms with van der Waals surface area (Å²) in [6.07, 6.45) is 4.53. The van der Waals surface area contributed by atoms with Gasteiger partial charge in [-0.15, -0.1) is 0 Å². The van der Waals surface area contributed by atoms with Crippen LogP contribution in [0.2, 0.25) is 0 Å². The molecule has 1 fully saturated rings. The summed E-state index contributed by atoms with van der Waals surface area (Å²) in [5.41, 5.74) is 0. The molecule has 1 saturated heterocycles. The lowest BCUT2D eigenvalue weighted by molar-refractivity contribution is -0.126. The molecule has 1 aliphatic heterocycles. The number of carbonyl (C=O) groups excluding carboxylic acids is 1. The van der Waals surface area contributed by atoms with Crippen molar-refractivity contribution in [2.45, 2.75) is 45.6 Å². The average molecular weight is 276 g/mol. The van der Waals surface area contributed by atoms with Gasteiger partial charge in [-0.05, 0) is 25.7 Å². The third kappa shape index (κ3) is 4.24. The van der Waals surface area contributed by atoms with Gasteiger partial charge in [-0.2, -0.15) is 0 Å². The summed E-state index contributed by atoms with van der Waals surface area (Å²) in [5, 5.41) is 2.98. The maximum Gasteiger partial charge on any atom is 0.223 e. The second kappa shape index (κ2) is 6.52. The highest BCUT2D eigenvalue weighted by Gasteiger charge is 2.27. The molecule has 1 unspecified atom stereocenters. The maximum absolute atomic E-state index is 12.0. The SMILES string of the molecule is CCC(CC)C(=O)NC1CCCN(S(C)(=O)=O)C1. The first-order chi connectivity index (χ1) is 8.38. The van der Waals surface area contributed by atoms with Crippen LogP contribution in [0.1, 0.15) is 39.5 Å². The number of nitrogens with one attached hydrogen (secondary N) is 1. The van der Waals surface area contributed by atoms with E-state index in [9.17, 15) is 13.2 Å². The molecular formula is C12H24N2O3S. The number of rotatable bonds is 5. The molecule has 1 N–H and O–H groups in total. The molecule has 1 heterocycles. The molecule has 5 nitrogen and oxygen atoms in total. The second-order valence-electron chi connectivity index (χ2n) is 4.98. The fourth-order valence-corrected chi connectivity index (χ4v) is 3.25. The molecule has 1 aliphatic rings. The van der Waals surface area contributed by atoms with E-state index in [0.717, 1.165) is 25.7 Å². The first-order valence-electron chi connectivity index (χ1n) is 6.64. The van der Waals surface area contributed by atoms with Crippen molar-refractivity contribution in [3.05, 3.63) is 0 Å². The molecule has 0 aromatic heterocycles. The summed E-state index contributed by atoms with van der Waals surface area (Å²) < 4.78 is 24.4. The van der Waals surface area contributed by atoms with E-state index in [1.807, 2.05) is 13.8 Å². The van der Waals surface area contributed by atoms with E-state index in [1.165, 1.54) is 10.6 Å². The Balaban J connectivity index is 2.55. The summed E-state index contributed by atoms with van der Waals surface area (Å²) in [4.78, 5) is 12.0. The molecule has 0 bridgehead atoms. The minimum absolute atomic E-state index is 0.0402. The lowest BCUT2D eigenvalue weighted by Gasteiger charge is -2.32. The smallest absolute Gasteiger partial charge is 0.223 e. The van der Waals surface area contributed by atoms with Gasteiger partial charge in [-0.1, -0.05) is 13.8 Å². The van der Waals surface area contributed by atoms with Crippen molar-refractivity contribution >= 4 is 15.9 Å². The first-order valence-corrected chi connectivity index (χ1v) is 8.48. The van der Waals surface area contributed by atoms with Crippen LogP contribution in [0.3, 0.4) is 0 Å². The normalized spacial score (nSPS) is 22.1. The maximum atomic E-state index is 12.0. The molecule has 0 aliphatic carbocycles. The van der Waals surface area contributed by atoms with Crippen molar-refractivity contribution in [2.75, 3.05) is 19.3 Å². The summed E-state index contributed by atoms with van der Waals surface area (Å²) >= 11 is 0. The summed E-state index contributed by atoms with van der Waals surface area (Å²) in [5.74, 6) is 0.0963. The Morgan fingerprint density at radius 3 is 2.50 bits per heavy atom. The van der Waals surface area contributed by atoms with E-state index in [-0.39, 0.29) is 17.9 Å². The van der Waals surface area contributed by atoms with Crippen molar-refractivity contribution in [3.63, 3.8) is 0 Å². The van der Waals surface area contributed by atoms with Gasteiger partial charge in [0.15, 0.2) is 0 Å².